The minimum Gasteiger partial charge on any atom is -0.466 e. The molecule has 1 aromatic heterocycles. The van der Waals surface area contributed by atoms with Crippen molar-refractivity contribution >= 4 is 23.6 Å². The van der Waals surface area contributed by atoms with Gasteiger partial charge in [0.05, 0.1) is 18.8 Å². The predicted octanol–water partition coefficient (Wildman–Crippen LogP) is 3.61. The number of carbonyl (C=O) groups excluding carboxylic acids is 2. The number of aromatic nitrogens is 1. The Balaban J connectivity index is 1.90. The molecule has 5 nitrogen and oxygen atoms in total. The molecule has 0 N–H and O–H groups in total. The van der Waals surface area contributed by atoms with E-state index in [9.17, 15) is 9.59 Å². The maximum Gasteiger partial charge on any atom is 0.307 e. The summed E-state index contributed by atoms with van der Waals surface area (Å²) < 4.78 is 4.98. The number of rotatable bonds is 10. The van der Waals surface area contributed by atoms with Crippen LogP contribution in [-0.2, 0) is 26.6 Å². The van der Waals surface area contributed by atoms with E-state index in [4.69, 9.17) is 4.74 Å². The molecule has 0 bridgehead atoms. The highest BCUT2D eigenvalue weighted by Gasteiger charge is 2.16. The van der Waals surface area contributed by atoms with Gasteiger partial charge in [-0.2, -0.15) is 0 Å². The smallest absolute Gasteiger partial charge is 0.307 e. The highest BCUT2D eigenvalue weighted by atomic mass is 32.2. The summed E-state index contributed by atoms with van der Waals surface area (Å²) in [7, 11) is 0. The van der Waals surface area contributed by atoms with E-state index in [1.165, 1.54) is 11.1 Å². The van der Waals surface area contributed by atoms with Crippen molar-refractivity contribution in [2.45, 2.75) is 32.6 Å². The van der Waals surface area contributed by atoms with Gasteiger partial charge in [-0.15, -0.1) is 11.8 Å². The van der Waals surface area contributed by atoms with Crippen LogP contribution in [0.3, 0.4) is 0 Å². The monoisotopic (exact) mass is 386 g/mol. The van der Waals surface area contributed by atoms with Gasteiger partial charge in [0, 0.05) is 31.2 Å². The zero-order chi connectivity index (χ0) is 19.5. The van der Waals surface area contributed by atoms with Gasteiger partial charge < -0.3 is 9.64 Å². The Morgan fingerprint density at radius 1 is 1.15 bits per heavy atom. The average Bonchev–Trinajstić information content (AvgIpc) is 2.67. The molecule has 1 aromatic carbocycles. The molecule has 2 aromatic rings. The first-order valence-electron chi connectivity index (χ1n) is 9.04. The Morgan fingerprint density at radius 2 is 1.93 bits per heavy atom. The van der Waals surface area contributed by atoms with Gasteiger partial charge in [0.2, 0.25) is 5.91 Å². The zero-order valence-electron chi connectivity index (χ0n) is 15.9. The first-order valence-corrected chi connectivity index (χ1v) is 10.2. The molecule has 0 saturated carbocycles. The number of thioether (sulfide) groups is 1. The minimum absolute atomic E-state index is 0.0141. The molecule has 144 valence electrons. The summed E-state index contributed by atoms with van der Waals surface area (Å²) in [5.74, 6) is 0.885. The topological polar surface area (TPSA) is 59.5 Å². The van der Waals surface area contributed by atoms with Crippen LogP contribution < -0.4 is 0 Å². The van der Waals surface area contributed by atoms with Crippen LogP contribution in [0.5, 0.6) is 0 Å². The van der Waals surface area contributed by atoms with Crippen LogP contribution in [0.4, 0.5) is 0 Å². The van der Waals surface area contributed by atoms with E-state index >= 15 is 0 Å². The number of nitrogens with zero attached hydrogens (tertiary/aromatic N) is 2. The SMILES string of the molecule is CCOC(=O)CCN(Cc1cccnc1)C(=O)CSCc1ccc(C)cc1. The van der Waals surface area contributed by atoms with Crippen LogP contribution in [0.1, 0.15) is 30.0 Å². The first-order chi connectivity index (χ1) is 13.1. The second-order valence-corrected chi connectivity index (χ2v) is 7.20. The van der Waals surface area contributed by atoms with E-state index in [0.29, 0.717) is 25.4 Å². The van der Waals surface area contributed by atoms with Crippen molar-refractivity contribution in [1.29, 1.82) is 0 Å². The van der Waals surface area contributed by atoms with Crippen molar-refractivity contribution in [1.82, 2.24) is 9.88 Å². The van der Waals surface area contributed by atoms with Gasteiger partial charge in [-0.05, 0) is 31.0 Å². The zero-order valence-corrected chi connectivity index (χ0v) is 16.7. The molecule has 27 heavy (non-hydrogen) atoms. The Labute approximate surface area is 165 Å². The van der Waals surface area contributed by atoms with Crippen LogP contribution in [0, 0.1) is 6.92 Å². The maximum absolute atomic E-state index is 12.7. The molecular weight excluding hydrogens is 360 g/mol. The number of pyridine rings is 1. The van der Waals surface area contributed by atoms with E-state index < -0.39 is 0 Å². The molecule has 0 aliphatic heterocycles. The summed E-state index contributed by atoms with van der Waals surface area (Å²) in [6.07, 6.45) is 3.64. The van der Waals surface area contributed by atoms with E-state index in [-0.39, 0.29) is 18.3 Å². The molecule has 2 rings (SSSR count). The van der Waals surface area contributed by atoms with E-state index in [1.807, 2.05) is 12.1 Å². The molecule has 1 heterocycles. The average molecular weight is 387 g/mol. The lowest BCUT2D eigenvalue weighted by atomic mass is 10.2. The Kier molecular flexibility index (Phi) is 8.84. The molecule has 0 spiro atoms. The van der Waals surface area contributed by atoms with Crippen molar-refractivity contribution in [2.24, 2.45) is 0 Å². The highest BCUT2D eigenvalue weighted by molar-refractivity contribution is 7.99. The molecule has 0 saturated heterocycles. The van der Waals surface area contributed by atoms with E-state index in [1.54, 1.807) is 36.0 Å². The van der Waals surface area contributed by atoms with Crippen molar-refractivity contribution < 1.29 is 14.3 Å². The second-order valence-electron chi connectivity index (χ2n) is 6.21. The van der Waals surface area contributed by atoms with Gasteiger partial charge >= 0.3 is 5.97 Å². The second kappa shape index (κ2) is 11.4. The van der Waals surface area contributed by atoms with Crippen molar-refractivity contribution in [3.05, 3.63) is 65.5 Å². The summed E-state index contributed by atoms with van der Waals surface area (Å²) in [6.45, 7) is 4.97. The summed E-state index contributed by atoms with van der Waals surface area (Å²) >= 11 is 1.58. The van der Waals surface area contributed by atoms with Crippen LogP contribution >= 0.6 is 11.8 Å². The van der Waals surface area contributed by atoms with Gasteiger partial charge in [-0.3, -0.25) is 14.6 Å². The maximum atomic E-state index is 12.7. The normalized spacial score (nSPS) is 10.4. The Hall–Kier alpha value is -2.34. The first kappa shape index (κ1) is 21.0. The van der Waals surface area contributed by atoms with Gasteiger partial charge in [0.15, 0.2) is 0 Å². The molecule has 0 unspecified atom stereocenters. The van der Waals surface area contributed by atoms with Gasteiger partial charge in [-0.1, -0.05) is 35.9 Å². The number of benzene rings is 1. The number of hydrogen-bond acceptors (Lipinski definition) is 5. The molecule has 0 radical (unpaired) electrons. The van der Waals surface area contributed by atoms with Gasteiger partial charge in [-0.25, -0.2) is 0 Å². The lowest BCUT2D eigenvalue weighted by Crippen LogP contribution is -2.34. The van der Waals surface area contributed by atoms with E-state index in [0.717, 1.165) is 11.3 Å². The van der Waals surface area contributed by atoms with Crippen LogP contribution in [0.25, 0.3) is 0 Å². The van der Waals surface area contributed by atoms with Crippen LogP contribution in [-0.4, -0.2) is 40.7 Å². The number of hydrogen-bond donors (Lipinski definition) is 0. The summed E-state index contributed by atoms with van der Waals surface area (Å²) in [5.41, 5.74) is 3.36. The molecule has 0 atom stereocenters. The quantitative estimate of drug-likeness (QED) is 0.584. The molecule has 6 heteroatoms. The fraction of sp³-hybridized carbons (Fsp3) is 0.381. The molecule has 0 aliphatic rings. The fourth-order valence-electron chi connectivity index (χ4n) is 2.50. The van der Waals surface area contributed by atoms with Gasteiger partial charge in [0.1, 0.15) is 0 Å². The summed E-state index contributed by atoms with van der Waals surface area (Å²) in [5, 5.41) is 0. The van der Waals surface area contributed by atoms with Crippen molar-refractivity contribution in [2.75, 3.05) is 18.9 Å². The van der Waals surface area contributed by atoms with Crippen LogP contribution in [0.2, 0.25) is 0 Å². The number of ether oxygens (including phenoxy) is 1. The third-order valence-corrected chi connectivity index (χ3v) is 4.94. The predicted molar refractivity (Wildman–Crippen MR) is 108 cm³/mol. The molecular formula is C21H26N2O3S. The lowest BCUT2D eigenvalue weighted by molar-refractivity contribution is -0.144. The van der Waals surface area contributed by atoms with Gasteiger partial charge in [0.25, 0.3) is 0 Å². The molecule has 1 amide bonds. The largest absolute Gasteiger partial charge is 0.466 e. The third-order valence-electron chi connectivity index (χ3n) is 3.95. The fourth-order valence-corrected chi connectivity index (χ4v) is 3.38. The number of esters is 1. The Bertz CT molecular complexity index is 720. The summed E-state index contributed by atoms with van der Waals surface area (Å²) in [6, 6.07) is 12.1. The Morgan fingerprint density at radius 3 is 2.59 bits per heavy atom. The third kappa shape index (κ3) is 7.83. The van der Waals surface area contributed by atoms with E-state index in [2.05, 4.69) is 36.2 Å². The number of aryl methyl sites for hydroxylation is 1. The molecule has 0 fully saturated rings. The molecule has 0 aliphatic carbocycles. The number of amides is 1. The minimum atomic E-state index is -0.284. The van der Waals surface area contributed by atoms with Crippen molar-refractivity contribution in [3.63, 3.8) is 0 Å². The highest BCUT2D eigenvalue weighted by Crippen LogP contribution is 2.15. The van der Waals surface area contributed by atoms with Crippen LogP contribution in [0.15, 0.2) is 48.8 Å². The number of carbonyl (C=O) groups is 2. The van der Waals surface area contributed by atoms with Crippen molar-refractivity contribution in [3.8, 4) is 0 Å². The lowest BCUT2D eigenvalue weighted by Gasteiger charge is -2.22. The summed E-state index contributed by atoms with van der Waals surface area (Å²) in [4.78, 5) is 30.2. The standard InChI is InChI=1S/C21H26N2O3S/c1-3-26-21(25)10-12-23(14-19-5-4-11-22-13-19)20(24)16-27-15-18-8-6-17(2)7-9-18/h4-9,11,13H,3,10,12,14-16H2,1-2H3.